The molecule has 0 spiro atoms. The van der Waals surface area contributed by atoms with Crippen LogP contribution in [-0.2, 0) is 6.54 Å². The third-order valence-electron chi connectivity index (χ3n) is 3.30. The Bertz CT molecular complexity index is 784. The van der Waals surface area contributed by atoms with Gasteiger partial charge in [0.1, 0.15) is 11.5 Å². The summed E-state index contributed by atoms with van der Waals surface area (Å²) in [6, 6.07) is 13.0. The number of amides is 1. The van der Waals surface area contributed by atoms with Gasteiger partial charge in [0.05, 0.1) is 12.2 Å². The molecule has 1 amide bonds. The maximum Gasteiger partial charge on any atom is 0.251 e. The Morgan fingerprint density at radius 1 is 1.09 bits per heavy atom. The Hall–Kier alpha value is -3.02. The van der Waals surface area contributed by atoms with E-state index in [4.69, 9.17) is 0 Å². The first-order valence-electron chi connectivity index (χ1n) is 7.21. The number of rotatable bonds is 5. The standard InChI is InChI=1S/C17H15FN4O/c18-14-6-4-13(5-7-14)17(23)20-10-12-22-11-8-16(21-22)15-3-1-2-9-19-15/h1-9,11H,10,12H2,(H,20,23). The normalized spacial score (nSPS) is 10.5. The summed E-state index contributed by atoms with van der Waals surface area (Å²) in [5.41, 5.74) is 2.03. The van der Waals surface area contributed by atoms with Gasteiger partial charge in [-0.2, -0.15) is 5.10 Å². The monoisotopic (exact) mass is 310 g/mol. The molecule has 0 aliphatic rings. The lowest BCUT2D eigenvalue weighted by Crippen LogP contribution is -2.27. The van der Waals surface area contributed by atoms with Gasteiger partial charge in [-0.1, -0.05) is 6.07 Å². The number of carbonyl (C=O) groups is 1. The summed E-state index contributed by atoms with van der Waals surface area (Å²) >= 11 is 0. The summed E-state index contributed by atoms with van der Waals surface area (Å²) in [4.78, 5) is 16.1. The molecule has 0 aliphatic heterocycles. The van der Waals surface area contributed by atoms with Crippen LogP contribution in [0.1, 0.15) is 10.4 Å². The zero-order valence-electron chi connectivity index (χ0n) is 12.3. The highest BCUT2D eigenvalue weighted by Gasteiger charge is 2.06. The second kappa shape index (κ2) is 6.83. The second-order valence-corrected chi connectivity index (χ2v) is 4.94. The third-order valence-corrected chi connectivity index (χ3v) is 3.30. The van der Waals surface area contributed by atoms with Gasteiger partial charge in [-0.15, -0.1) is 0 Å². The van der Waals surface area contributed by atoms with Crippen LogP contribution < -0.4 is 5.32 Å². The van der Waals surface area contributed by atoms with E-state index in [9.17, 15) is 9.18 Å². The number of pyridine rings is 1. The molecule has 0 unspecified atom stereocenters. The van der Waals surface area contributed by atoms with Gasteiger partial charge >= 0.3 is 0 Å². The van der Waals surface area contributed by atoms with Crippen LogP contribution in [-0.4, -0.2) is 27.2 Å². The molecule has 1 aromatic carbocycles. The SMILES string of the molecule is O=C(NCCn1ccc(-c2ccccn2)n1)c1ccc(F)cc1. The molecule has 0 radical (unpaired) electrons. The van der Waals surface area contributed by atoms with Gasteiger partial charge in [0.2, 0.25) is 0 Å². The van der Waals surface area contributed by atoms with Crippen molar-refractivity contribution in [1.82, 2.24) is 20.1 Å². The van der Waals surface area contributed by atoms with E-state index in [-0.39, 0.29) is 11.7 Å². The van der Waals surface area contributed by atoms with Crippen molar-refractivity contribution in [3.8, 4) is 11.4 Å². The van der Waals surface area contributed by atoms with Crippen molar-refractivity contribution in [2.45, 2.75) is 6.54 Å². The molecular formula is C17H15FN4O. The summed E-state index contributed by atoms with van der Waals surface area (Å²) < 4.78 is 14.6. The zero-order valence-corrected chi connectivity index (χ0v) is 12.3. The lowest BCUT2D eigenvalue weighted by molar-refractivity contribution is 0.0952. The number of hydrogen-bond acceptors (Lipinski definition) is 3. The highest BCUT2D eigenvalue weighted by molar-refractivity contribution is 5.94. The van der Waals surface area contributed by atoms with Crippen molar-refractivity contribution >= 4 is 5.91 Å². The molecule has 0 saturated carbocycles. The van der Waals surface area contributed by atoms with Crippen LogP contribution in [0.5, 0.6) is 0 Å². The van der Waals surface area contributed by atoms with E-state index in [0.717, 1.165) is 11.4 Å². The largest absolute Gasteiger partial charge is 0.350 e. The fourth-order valence-electron chi connectivity index (χ4n) is 2.12. The van der Waals surface area contributed by atoms with Gasteiger partial charge in [0, 0.05) is 24.5 Å². The molecule has 0 saturated heterocycles. The van der Waals surface area contributed by atoms with Crippen LogP contribution >= 0.6 is 0 Å². The average Bonchev–Trinajstić information content (AvgIpc) is 3.05. The number of nitrogens with zero attached hydrogens (tertiary/aromatic N) is 3. The Balaban J connectivity index is 1.54. The predicted octanol–water partition coefficient (Wildman–Crippen LogP) is 2.51. The molecule has 0 fully saturated rings. The number of nitrogens with one attached hydrogen (secondary N) is 1. The van der Waals surface area contributed by atoms with E-state index in [1.54, 1.807) is 10.9 Å². The lowest BCUT2D eigenvalue weighted by atomic mass is 10.2. The van der Waals surface area contributed by atoms with Crippen molar-refractivity contribution in [3.05, 3.63) is 72.3 Å². The number of aromatic nitrogens is 3. The summed E-state index contributed by atoms with van der Waals surface area (Å²) in [7, 11) is 0. The van der Waals surface area contributed by atoms with E-state index in [2.05, 4.69) is 15.4 Å². The molecule has 0 aliphatic carbocycles. The Morgan fingerprint density at radius 2 is 1.91 bits per heavy atom. The van der Waals surface area contributed by atoms with E-state index in [1.165, 1.54) is 24.3 Å². The minimum absolute atomic E-state index is 0.234. The minimum Gasteiger partial charge on any atom is -0.350 e. The maximum atomic E-state index is 12.8. The fraction of sp³-hybridized carbons (Fsp3) is 0.118. The summed E-state index contributed by atoms with van der Waals surface area (Å²) in [5, 5.41) is 7.19. The topological polar surface area (TPSA) is 59.8 Å². The summed E-state index contributed by atoms with van der Waals surface area (Å²) in [6.45, 7) is 0.972. The lowest BCUT2D eigenvalue weighted by Gasteiger charge is -2.05. The highest BCUT2D eigenvalue weighted by Crippen LogP contribution is 2.12. The van der Waals surface area contributed by atoms with Gasteiger partial charge in [-0.25, -0.2) is 4.39 Å². The summed E-state index contributed by atoms with van der Waals surface area (Å²) in [6.07, 6.45) is 3.56. The van der Waals surface area contributed by atoms with Crippen LogP contribution in [0.3, 0.4) is 0 Å². The van der Waals surface area contributed by atoms with Gasteiger partial charge < -0.3 is 5.32 Å². The first kappa shape index (κ1) is 14.9. The van der Waals surface area contributed by atoms with Gasteiger partial charge in [0.15, 0.2) is 0 Å². The molecule has 6 heteroatoms. The Kier molecular flexibility index (Phi) is 4.42. The number of carbonyl (C=O) groups excluding carboxylic acids is 1. The van der Waals surface area contributed by atoms with E-state index >= 15 is 0 Å². The molecule has 5 nitrogen and oxygen atoms in total. The molecule has 3 aromatic rings. The van der Waals surface area contributed by atoms with Crippen molar-refractivity contribution in [1.29, 1.82) is 0 Å². The molecule has 2 heterocycles. The van der Waals surface area contributed by atoms with E-state index in [0.29, 0.717) is 18.7 Å². The first-order chi connectivity index (χ1) is 11.2. The summed E-state index contributed by atoms with van der Waals surface area (Å²) in [5.74, 6) is -0.595. The van der Waals surface area contributed by atoms with Crippen LogP contribution in [0.15, 0.2) is 60.9 Å². The zero-order chi connectivity index (χ0) is 16.1. The second-order valence-electron chi connectivity index (χ2n) is 4.94. The smallest absolute Gasteiger partial charge is 0.251 e. The van der Waals surface area contributed by atoms with Crippen molar-refractivity contribution in [2.24, 2.45) is 0 Å². The molecule has 0 bridgehead atoms. The van der Waals surface area contributed by atoms with Gasteiger partial charge in [-0.05, 0) is 42.5 Å². The maximum absolute atomic E-state index is 12.8. The molecule has 116 valence electrons. The van der Waals surface area contributed by atoms with Crippen molar-refractivity contribution in [2.75, 3.05) is 6.54 Å². The molecule has 1 N–H and O–H groups in total. The van der Waals surface area contributed by atoms with Gasteiger partial charge in [0.25, 0.3) is 5.91 Å². The van der Waals surface area contributed by atoms with Crippen molar-refractivity contribution in [3.63, 3.8) is 0 Å². The number of halogens is 1. The Morgan fingerprint density at radius 3 is 2.65 bits per heavy atom. The molecule has 0 atom stereocenters. The van der Waals surface area contributed by atoms with E-state index in [1.807, 2.05) is 30.5 Å². The van der Waals surface area contributed by atoms with Crippen LogP contribution in [0, 0.1) is 5.82 Å². The van der Waals surface area contributed by atoms with Gasteiger partial charge in [-0.3, -0.25) is 14.5 Å². The predicted molar refractivity (Wildman–Crippen MR) is 84.2 cm³/mol. The van der Waals surface area contributed by atoms with Crippen LogP contribution in [0.25, 0.3) is 11.4 Å². The van der Waals surface area contributed by atoms with Crippen LogP contribution in [0.2, 0.25) is 0 Å². The van der Waals surface area contributed by atoms with Crippen molar-refractivity contribution < 1.29 is 9.18 Å². The first-order valence-corrected chi connectivity index (χ1v) is 7.21. The molecule has 2 aromatic heterocycles. The van der Waals surface area contributed by atoms with Crippen LogP contribution in [0.4, 0.5) is 4.39 Å². The minimum atomic E-state index is -0.361. The molecular weight excluding hydrogens is 295 g/mol. The third kappa shape index (κ3) is 3.79. The highest BCUT2D eigenvalue weighted by atomic mass is 19.1. The molecule has 3 rings (SSSR count). The number of benzene rings is 1. The van der Waals surface area contributed by atoms with E-state index < -0.39 is 0 Å². The Labute approximate surface area is 132 Å². The average molecular weight is 310 g/mol. The quantitative estimate of drug-likeness (QED) is 0.788. The fourth-order valence-corrected chi connectivity index (χ4v) is 2.12. The molecule has 23 heavy (non-hydrogen) atoms. The number of hydrogen-bond donors (Lipinski definition) is 1.